The number of anilines is 1. The van der Waals surface area contributed by atoms with Crippen molar-refractivity contribution in [1.82, 2.24) is 9.97 Å². The molecule has 1 aliphatic carbocycles. The Morgan fingerprint density at radius 3 is 2.50 bits per heavy atom. The predicted octanol–water partition coefficient (Wildman–Crippen LogP) is 7.05. The molecule has 2 heterocycles. The van der Waals surface area contributed by atoms with Crippen molar-refractivity contribution in [3.63, 3.8) is 0 Å². The molecule has 6 heteroatoms. The lowest BCUT2D eigenvalue weighted by Crippen LogP contribution is -2.39. The smallest absolute Gasteiger partial charge is 0.154 e. The average molecular weight is 434 g/mol. The van der Waals surface area contributed by atoms with Crippen LogP contribution >= 0.6 is 35.0 Å². The monoisotopic (exact) mass is 433 g/mol. The molecule has 28 heavy (non-hydrogen) atoms. The molecule has 148 valence electrons. The fraction of sp³-hybridized carbons (Fsp3) is 0.455. The van der Waals surface area contributed by atoms with Crippen molar-refractivity contribution < 1.29 is 0 Å². The standard InChI is InChI=1S/C22H25Cl2N3S/c1-3-17-20(27-13-11-22(12-14-27)9-4-5-10-22)25-15(2)21(26-17)28-18-8-6-7-16(23)19(18)24/h3,6-8H,1,4-5,9-14H2,2H3. The van der Waals surface area contributed by atoms with Gasteiger partial charge in [-0.25, -0.2) is 9.97 Å². The Kier molecular flexibility index (Phi) is 5.91. The van der Waals surface area contributed by atoms with Crippen LogP contribution in [0.3, 0.4) is 0 Å². The Labute approximate surface area is 181 Å². The Morgan fingerprint density at radius 2 is 1.82 bits per heavy atom. The van der Waals surface area contributed by atoms with Crippen LogP contribution < -0.4 is 4.90 Å². The fourth-order valence-electron chi connectivity index (χ4n) is 4.46. The van der Waals surface area contributed by atoms with Gasteiger partial charge in [0, 0.05) is 18.0 Å². The first-order valence-corrected chi connectivity index (χ1v) is 11.5. The lowest BCUT2D eigenvalue weighted by Gasteiger charge is -2.40. The maximum atomic E-state index is 6.35. The first kappa shape index (κ1) is 20.1. The predicted molar refractivity (Wildman–Crippen MR) is 120 cm³/mol. The average Bonchev–Trinajstić information content (AvgIpc) is 3.15. The van der Waals surface area contributed by atoms with E-state index in [0.717, 1.165) is 40.2 Å². The molecule has 2 aromatic rings. The van der Waals surface area contributed by atoms with Crippen molar-refractivity contribution in [2.24, 2.45) is 5.41 Å². The van der Waals surface area contributed by atoms with Crippen LogP contribution in [0.4, 0.5) is 5.82 Å². The maximum absolute atomic E-state index is 6.35. The molecular weight excluding hydrogens is 409 g/mol. The molecule has 1 saturated heterocycles. The quantitative estimate of drug-likeness (QED) is 0.516. The summed E-state index contributed by atoms with van der Waals surface area (Å²) in [7, 11) is 0. The lowest BCUT2D eigenvalue weighted by atomic mass is 9.77. The van der Waals surface area contributed by atoms with Gasteiger partial charge in [-0.15, -0.1) is 0 Å². The van der Waals surface area contributed by atoms with Gasteiger partial charge in [0.2, 0.25) is 0 Å². The van der Waals surface area contributed by atoms with E-state index in [9.17, 15) is 0 Å². The Hall–Kier alpha value is -1.23. The maximum Gasteiger partial charge on any atom is 0.154 e. The highest BCUT2D eigenvalue weighted by Crippen LogP contribution is 2.47. The summed E-state index contributed by atoms with van der Waals surface area (Å²) in [6.07, 6.45) is 9.93. The van der Waals surface area contributed by atoms with Gasteiger partial charge in [-0.2, -0.15) is 0 Å². The van der Waals surface area contributed by atoms with Gasteiger partial charge < -0.3 is 4.90 Å². The minimum Gasteiger partial charge on any atom is -0.355 e. The summed E-state index contributed by atoms with van der Waals surface area (Å²) in [5, 5.41) is 1.94. The SMILES string of the molecule is C=Cc1nc(Sc2cccc(Cl)c2Cl)c(C)nc1N1CCC2(CCCC2)CC1. The summed E-state index contributed by atoms with van der Waals surface area (Å²) in [6.45, 7) is 8.10. The molecule has 0 amide bonds. The Balaban J connectivity index is 1.57. The normalized spacial score (nSPS) is 18.6. The van der Waals surface area contributed by atoms with Gasteiger partial charge in [0.05, 0.1) is 15.7 Å². The summed E-state index contributed by atoms with van der Waals surface area (Å²) in [5.41, 5.74) is 2.34. The van der Waals surface area contributed by atoms with Crippen molar-refractivity contribution in [1.29, 1.82) is 0 Å². The van der Waals surface area contributed by atoms with Gasteiger partial charge in [-0.05, 0) is 56.2 Å². The van der Waals surface area contributed by atoms with E-state index in [2.05, 4.69) is 11.5 Å². The minimum absolute atomic E-state index is 0.548. The molecular formula is C22H25Cl2N3S. The van der Waals surface area contributed by atoms with Gasteiger partial charge in [0.15, 0.2) is 5.82 Å². The van der Waals surface area contributed by atoms with Crippen LogP contribution in [0.25, 0.3) is 6.08 Å². The molecule has 1 spiro atoms. The van der Waals surface area contributed by atoms with Crippen LogP contribution in [0.2, 0.25) is 10.0 Å². The van der Waals surface area contributed by atoms with E-state index in [1.165, 1.54) is 50.3 Å². The number of aromatic nitrogens is 2. The third-order valence-electron chi connectivity index (χ3n) is 6.14. The van der Waals surface area contributed by atoms with Crippen molar-refractivity contribution in [2.75, 3.05) is 18.0 Å². The van der Waals surface area contributed by atoms with Gasteiger partial charge in [-0.1, -0.05) is 60.5 Å². The zero-order valence-electron chi connectivity index (χ0n) is 16.2. The van der Waals surface area contributed by atoms with E-state index in [-0.39, 0.29) is 0 Å². The second-order valence-electron chi connectivity index (χ2n) is 7.88. The zero-order valence-corrected chi connectivity index (χ0v) is 18.5. The molecule has 1 saturated carbocycles. The summed E-state index contributed by atoms with van der Waals surface area (Å²) < 4.78 is 0. The van der Waals surface area contributed by atoms with Crippen molar-refractivity contribution in [2.45, 2.75) is 55.4 Å². The molecule has 1 aliphatic heterocycles. The summed E-state index contributed by atoms with van der Waals surface area (Å²) >= 11 is 14.0. The first-order chi connectivity index (χ1) is 13.5. The first-order valence-electron chi connectivity index (χ1n) is 9.89. The number of hydrogen-bond acceptors (Lipinski definition) is 4. The number of piperidine rings is 1. The molecule has 1 aromatic heterocycles. The van der Waals surface area contributed by atoms with Gasteiger partial charge in [0.1, 0.15) is 10.7 Å². The van der Waals surface area contributed by atoms with E-state index in [1.807, 2.05) is 25.1 Å². The van der Waals surface area contributed by atoms with Crippen LogP contribution in [0.5, 0.6) is 0 Å². The number of aryl methyl sites for hydroxylation is 1. The van der Waals surface area contributed by atoms with Gasteiger partial charge >= 0.3 is 0 Å². The van der Waals surface area contributed by atoms with Crippen molar-refractivity contribution in [3.8, 4) is 0 Å². The fourth-order valence-corrected chi connectivity index (χ4v) is 5.82. The number of rotatable bonds is 4. The summed E-state index contributed by atoms with van der Waals surface area (Å²) in [6, 6.07) is 5.64. The Morgan fingerprint density at radius 1 is 1.11 bits per heavy atom. The van der Waals surface area contributed by atoms with Crippen molar-refractivity contribution >= 4 is 46.9 Å². The summed E-state index contributed by atoms with van der Waals surface area (Å²) in [5.74, 6) is 0.960. The van der Waals surface area contributed by atoms with E-state index in [1.54, 1.807) is 6.07 Å². The highest BCUT2D eigenvalue weighted by molar-refractivity contribution is 7.99. The van der Waals surface area contributed by atoms with E-state index in [4.69, 9.17) is 33.2 Å². The minimum atomic E-state index is 0.548. The summed E-state index contributed by atoms with van der Waals surface area (Å²) in [4.78, 5) is 13.1. The third kappa shape index (κ3) is 3.92. The molecule has 2 aliphatic rings. The van der Waals surface area contributed by atoms with E-state index >= 15 is 0 Å². The van der Waals surface area contributed by atoms with E-state index < -0.39 is 0 Å². The van der Waals surface area contributed by atoms with Crippen LogP contribution in [0.1, 0.15) is 49.9 Å². The molecule has 2 fully saturated rings. The van der Waals surface area contributed by atoms with Crippen LogP contribution in [0.15, 0.2) is 34.7 Å². The Bertz CT molecular complexity index is 884. The number of hydrogen-bond donors (Lipinski definition) is 0. The molecule has 0 N–H and O–H groups in total. The number of nitrogens with zero attached hydrogens (tertiary/aromatic N) is 3. The second-order valence-corrected chi connectivity index (χ2v) is 9.69. The topological polar surface area (TPSA) is 29.0 Å². The zero-order chi connectivity index (χ0) is 19.7. The molecule has 0 bridgehead atoms. The van der Waals surface area contributed by atoms with E-state index in [0.29, 0.717) is 15.5 Å². The molecule has 0 unspecified atom stereocenters. The van der Waals surface area contributed by atoms with Gasteiger partial charge in [-0.3, -0.25) is 0 Å². The third-order valence-corrected chi connectivity index (χ3v) is 8.21. The van der Waals surface area contributed by atoms with Crippen LogP contribution in [0, 0.1) is 12.3 Å². The highest BCUT2D eigenvalue weighted by atomic mass is 35.5. The van der Waals surface area contributed by atoms with Gasteiger partial charge in [0.25, 0.3) is 0 Å². The van der Waals surface area contributed by atoms with Crippen molar-refractivity contribution in [3.05, 3.63) is 46.2 Å². The largest absolute Gasteiger partial charge is 0.355 e. The molecule has 0 radical (unpaired) electrons. The number of halogens is 2. The number of benzene rings is 1. The molecule has 0 atom stereocenters. The lowest BCUT2D eigenvalue weighted by molar-refractivity contribution is 0.226. The molecule has 4 rings (SSSR count). The van der Waals surface area contributed by atoms with Crippen LogP contribution in [-0.4, -0.2) is 23.1 Å². The molecule has 1 aromatic carbocycles. The highest BCUT2D eigenvalue weighted by Gasteiger charge is 2.37. The second kappa shape index (κ2) is 8.25. The van der Waals surface area contributed by atoms with Crippen LogP contribution in [-0.2, 0) is 0 Å². The molecule has 3 nitrogen and oxygen atoms in total.